The van der Waals surface area contributed by atoms with Crippen LogP contribution in [-0.4, -0.2) is 6.54 Å². The van der Waals surface area contributed by atoms with Gasteiger partial charge in [-0.25, -0.2) is 0 Å². The molecule has 0 bridgehead atoms. The van der Waals surface area contributed by atoms with Crippen LogP contribution in [0.5, 0.6) is 0 Å². The van der Waals surface area contributed by atoms with Crippen LogP contribution in [0.4, 0.5) is 5.69 Å². The number of hydrogen-bond donors (Lipinski definition) is 1. The molecule has 0 aromatic heterocycles. The van der Waals surface area contributed by atoms with Crippen LogP contribution in [0, 0.1) is 6.92 Å². The van der Waals surface area contributed by atoms with Crippen molar-refractivity contribution in [1.29, 1.82) is 0 Å². The number of anilines is 1. The molecule has 1 heteroatoms. The molecule has 0 atom stereocenters. The number of nitrogens with one attached hydrogen (secondary N) is 1. The van der Waals surface area contributed by atoms with Gasteiger partial charge in [0.15, 0.2) is 0 Å². The van der Waals surface area contributed by atoms with E-state index in [1.54, 1.807) is 0 Å². The average Bonchev–Trinajstić information content (AvgIpc) is 2.45. The van der Waals surface area contributed by atoms with Gasteiger partial charge in [-0.15, -0.1) is 0 Å². The molecule has 2 rings (SSSR count). The Bertz CT molecular complexity index is 279. The third-order valence-electron chi connectivity index (χ3n) is 2.45. The Kier molecular flexibility index (Phi) is 4.51. The number of hydrogen-bond acceptors (Lipinski definition) is 1. The van der Waals surface area contributed by atoms with Gasteiger partial charge in [0.1, 0.15) is 0 Å². The maximum Gasteiger partial charge on any atom is 0.0372 e. The van der Waals surface area contributed by atoms with E-state index >= 15 is 0 Å². The van der Waals surface area contributed by atoms with Gasteiger partial charge in [-0.1, -0.05) is 31.5 Å². The summed E-state index contributed by atoms with van der Waals surface area (Å²) in [5, 5.41) is 3.45. The molecule has 1 aliphatic rings. The van der Waals surface area contributed by atoms with Crippen LogP contribution in [0.15, 0.2) is 18.2 Å². The highest BCUT2D eigenvalue weighted by molar-refractivity contribution is 5.53. The Morgan fingerprint density at radius 3 is 2.71 bits per heavy atom. The summed E-state index contributed by atoms with van der Waals surface area (Å²) in [6, 6.07) is 6.68. The van der Waals surface area contributed by atoms with Crippen molar-refractivity contribution in [3.05, 3.63) is 29.3 Å². The van der Waals surface area contributed by atoms with E-state index in [0.717, 1.165) is 6.54 Å². The van der Waals surface area contributed by atoms with E-state index in [-0.39, 0.29) is 0 Å². The summed E-state index contributed by atoms with van der Waals surface area (Å²) >= 11 is 0. The van der Waals surface area contributed by atoms with Crippen molar-refractivity contribution >= 4 is 5.69 Å². The lowest BCUT2D eigenvalue weighted by Crippen LogP contribution is -1.99. The lowest BCUT2D eigenvalue weighted by Gasteiger charge is -2.07. The molecular formula is C13H21N. The summed E-state index contributed by atoms with van der Waals surface area (Å²) in [6.07, 6.45) is 3.86. The van der Waals surface area contributed by atoms with Crippen molar-refractivity contribution in [1.82, 2.24) is 0 Å². The molecule has 1 N–H and O–H groups in total. The molecule has 0 radical (unpaired) electrons. The zero-order valence-electron chi connectivity index (χ0n) is 9.56. The standard InChI is InChI=1S/C11H15N.C2H6/c1-9-5-6-11-10(8-9)4-2-3-7-12-11;1-2/h5-6,8,12H,2-4,7H2,1H3;1-2H3. The Labute approximate surface area is 87.5 Å². The topological polar surface area (TPSA) is 12.0 Å². The van der Waals surface area contributed by atoms with Gasteiger partial charge in [-0.3, -0.25) is 0 Å². The maximum atomic E-state index is 3.45. The summed E-state index contributed by atoms with van der Waals surface area (Å²) < 4.78 is 0. The Morgan fingerprint density at radius 1 is 1.14 bits per heavy atom. The minimum Gasteiger partial charge on any atom is -0.385 e. The van der Waals surface area contributed by atoms with E-state index in [1.165, 1.54) is 36.1 Å². The molecule has 1 aromatic carbocycles. The fraction of sp³-hybridized carbons (Fsp3) is 0.538. The van der Waals surface area contributed by atoms with Crippen LogP contribution < -0.4 is 5.32 Å². The zero-order valence-corrected chi connectivity index (χ0v) is 9.56. The Hall–Kier alpha value is -0.980. The normalized spacial score (nSPS) is 14.2. The minimum absolute atomic E-state index is 1.13. The van der Waals surface area contributed by atoms with E-state index in [0.29, 0.717) is 0 Å². The molecule has 1 heterocycles. The van der Waals surface area contributed by atoms with E-state index in [1.807, 2.05) is 13.8 Å². The Balaban J connectivity index is 0.000000461. The van der Waals surface area contributed by atoms with Gasteiger partial charge in [0.05, 0.1) is 0 Å². The first-order valence-corrected chi connectivity index (χ1v) is 5.70. The van der Waals surface area contributed by atoms with Crippen molar-refractivity contribution < 1.29 is 0 Å². The van der Waals surface area contributed by atoms with Gasteiger partial charge in [0.2, 0.25) is 0 Å². The highest BCUT2D eigenvalue weighted by atomic mass is 14.9. The van der Waals surface area contributed by atoms with Gasteiger partial charge in [-0.2, -0.15) is 0 Å². The zero-order chi connectivity index (χ0) is 10.4. The second kappa shape index (κ2) is 5.69. The molecule has 0 aliphatic carbocycles. The van der Waals surface area contributed by atoms with Crippen molar-refractivity contribution in [3.63, 3.8) is 0 Å². The fourth-order valence-electron chi connectivity index (χ4n) is 1.77. The van der Waals surface area contributed by atoms with Crippen molar-refractivity contribution in [2.24, 2.45) is 0 Å². The van der Waals surface area contributed by atoms with Crippen molar-refractivity contribution in [3.8, 4) is 0 Å². The molecule has 0 saturated carbocycles. The number of rotatable bonds is 0. The molecule has 1 aromatic rings. The summed E-state index contributed by atoms with van der Waals surface area (Å²) in [6.45, 7) is 7.29. The summed E-state index contributed by atoms with van der Waals surface area (Å²) in [5.41, 5.74) is 4.21. The number of aryl methyl sites for hydroxylation is 2. The predicted octanol–water partition coefficient (Wildman–Crippen LogP) is 3.77. The van der Waals surface area contributed by atoms with Crippen LogP contribution in [0.2, 0.25) is 0 Å². The first-order valence-electron chi connectivity index (χ1n) is 5.70. The third kappa shape index (κ3) is 2.76. The van der Waals surface area contributed by atoms with Crippen LogP contribution >= 0.6 is 0 Å². The van der Waals surface area contributed by atoms with Crippen LogP contribution in [0.25, 0.3) is 0 Å². The molecule has 0 amide bonds. The van der Waals surface area contributed by atoms with E-state index in [2.05, 4.69) is 30.4 Å². The minimum atomic E-state index is 1.13. The predicted molar refractivity (Wildman–Crippen MR) is 64.0 cm³/mol. The Morgan fingerprint density at radius 2 is 1.93 bits per heavy atom. The highest BCUT2D eigenvalue weighted by Crippen LogP contribution is 2.21. The second-order valence-electron chi connectivity index (χ2n) is 3.54. The van der Waals surface area contributed by atoms with Gasteiger partial charge in [0.25, 0.3) is 0 Å². The lowest BCUT2D eigenvalue weighted by atomic mass is 10.1. The second-order valence-corrected chi connectivity index (χ2v) is 3.54. The molecular weight excluding hydrogens is 170 g/mol. The average molecular weight is 191 g/mol. The van der Waals surface area contributed by atoms with Gasteiger partial charge in [-0.05, 0) is 37.8 Å². The molecule has 0 unspecified atom stereocenters. The quantitative estimate of drug-likeness (QED) is 0.658. The first kappa shape index (κ1) is 11.1. The SMILES string of the molecule is CC.Cc1ccc2c(c1)CCCCN2. The number of fused-ring (bicyclic) bond motifs is 1. The van der Waals surface area contributed by atoms with Gasteiger partial charge >= 0.3 is 0 Å². The van der Waals surface area contributed by atoms with Gasteiger partial charge < -0.3 is 5.32 Å². The highest BCUT2D eigenvalue weighted by Gasteiger charge is 2.05. The number of benzene rings is 1. The fourth-order valence-corrected chi connectivity index (χ4v) is 1.77. The van der Waals surface area contributed by atoms with E-state index in [4.69, 9.17) is 0 Å². The van der Waals surface area contributed by atoms with Gasteiger partial charge in [0, 0.05) is 12.2 Å². The molecule has 0 fully saturated rings. The van der Waals surface area contributed by atoms with E-state index in [9.17, 15) is 0 Å². The monoisotopic (exact) mass is 191 g/mol. The molecule has 1 aliphatic heterocycles. The summed E-state index contributed by atoms with van der Waals surface area (Å²) in [5.74, 6) is 0. The lowest BCUT2D eigenvalue weighted by molar-refractivity contribution is 0.785. The molecule has 78 valence electrons. The molecule has 0 spiro atoms. The maximum absolute atomic E-state index is 3.45. The van der Waals surface area contributed by atoms with Crippen molar-refractivity contribution in [2.45, 2.75) is 40.0 Å². The largest absolute Gasteiger partial charge is 0.385 e. The first-order chi connectivity index (χ1) is 6.86. The molecule has 0 saturated heterocycles. The molecule has 1 nitrogen and oxygen atoms in total. The summed E-state index contributed by atoms with van der Waals surface area (Å²) in [4.78, 5) is 0. The van der Waals surface area contributed by atoms with Crippen LogP contribution in [0.1, 0.15) is 37.8 Å². The smallest absolute Gasteiger partial charge is 0.0372 e. The third-order valence-corrected chi connectivity index (χ3v) is 2.45. The molecule has 14 heavy (non-hydrogen) atoms. The van der Waals surface area contributed by atoms with Crippen molar-refractivity contribution in [2.75, 3.05) is 11.9 Å². The van der Waals surface area contributed by atoms with E-state index < -0.39 is 0 Å². The van der Waals surface area contributed by atoms with Crippen LogP contribution in [-0.2, 0) is 6.42 Å². The summed E-state index contributed by atoms with van der Waals surface area (Å²) in [7, 11) is 0. The van der Waals surface area contributed by atoms with Crippen LogP contribution in [0.3, 0.4) is 0 Å².